The number of benzene rings is 1. The van der Waals surface area contributed by atoms with E-state index in [4.69, 9.17) is 9.84 Å². The zero-order valence-electron chi connectivity index (χ0n) is 7.79. The molecule has 14 heavy (non-hydrogen) atoms. The lowest BCUT2D eigenvalue weighted by Gasteiger charge is -2.05. The van der Waals surface area contributed by atoms with Crippen molar-refractivity contribution >= 4 is 5.97 Å². The molecule has 1 aromatic carbocycles. The third kappa shape index (κ3) is 2.53. The minimum absolute atomic E-state index is 0.152. The number of rotatable bonds is 4. The van der Waals surface area contributed by atoms with Crippen LogP contribution >= 0.6 is 0 Å². The summed E-state index contributed by atoms with van der Waals surface area (Å²) in [4.78, 5) is 10.4. The largest absolute Gasteiger partial charge is 0.481 e. The number of hydrogen-bond acceptors (Lipinski definition) is 2. The molecule has 0 radical (unpaired) electrons. The number of methoxy groups -OCH3 is 1. The van der Waals surface area contributed by atoms with Crippen LogP contribution in [0.5, 0.6) is 0 Å². The maximum Gasteiger partial charge on any atom is 0.307 e. The summed E-state index contributed by atoms with van der Waals surface area (Å²) in [5, 5.41) is 8.51. The topological polar surface area (TPSA) is 46.5 Å². The van der Waals surface area contributed by atoms with Crippen molar-refractivity contribution in [3.05, 3.63) is 35.1 Å². The van der Waals surface area contributed by atoms with Crippen molar-refractivity contribution in [2.45, 2.75) is 13.0 Å². The van der Waals surface area contributed by atoms with Crippen molar-refractivity contribution in [3.63, 3.8) is 0 Å². The Morgan fingerprint density at radius 3 is 2.71 bits per heavy atom. The molecule has 4 heteroatoms. The molecule has 0 atom stereocenters. The summed E-state index contributed by atoms with van der Waals surface area (Å²) in [6, 6.07) is 4.66. The van der Waals surface area contributed by atoms with Crippen LogP contribution in [0.25, 0.3) is 0 Å². The van der Waals surface area contributed by atoms with Gasteiger partial charge in [0.1, 0.15) is 5.82 Å². The van der Waals surface area contributed by atoms with E-state index in [-0.39, 0.29) is 18.6 Å². The number of aliphatic carboxylic acids is 1. The van der Waals surface area contributed by atoms with Crippen LogP contribution < -0.4 is 0 Å². The fourth-order valence-electron chi connectivity index (χ4n) is 1.20. The Labute approximate surface area is 81.1 Å². The van der Waals surface area contributed by atoms with Crippen molar-refractivity contribution in [1.82, 2.24) is 0 Å². The monoisotopic (exact) mass is 198 g/mol. The van der Waals surface area contributed by atoms with Crippen LogP contribution in [0.4, 0.5) is 4.39 Å². The highest BCUT2D eigenvalue weighted by molar-refractivity contribution is 5.70. The van der Waals surface area contributed by atoms with Crippen LogP contribution in [0.15, 0.2) is 18.2 Å². The Balaban J connectivity index is 2.94. The second-order valence-corrected chi connectivity index (χ2v) is 2.89. The molecule has 0 fully saturated rings. The van der Waals surface area contributed by atoms with Crippen LogP contribution in [0.2, 0.25) is 0 Å². The van der Waals surface area contributed by atoms with Gasteiger partial charge in [-0.25, -0.2) is 4.39 Å². The molecule has 0 saturated heterocycles. The number of carboxylic acids is 1. The predicted octanol–water partition coefficient (Wildman–Crippen LogP) is 1.60. The van der Waals surface area contributed by atoms with Gasteiger partial charge < -0.3 is 9.84 Å². The quantitative estimate of drug-likeness (QED) is 0.799. The zero-order valence-corrected chi connectivity index (χ0v) is 7.79. The van der Waals surface area contributed by atoms with Gasteiger partial charge >= 0.3 is 5.97 Å². The Morgan fingerprint density at radius 1 is 1.50 bits per heavy atom. The SMILES string of the molecule is COCc1cccc(CC(=O)O)c1F. The molecule has 76 valence electrons. The molecule has 0 spiro atoms. The van der Waals surface area contributed by atoms with E-state index < -0.39 is 11.8 Å². The lowest BCUT2D eigenvalue weighted by Crippen LogP contribution is -2.04. The summed E-state index contributed by atoms with van der Waals surface area (Å²) in [5.41, 5.74) is 0.568. The summed E-state index contributed by atoms with van der Waals surface area (Å²) < 4.78 is 18.3. The van der Waals surface area contributed by atoms with Crippen LogP contribution in [-0.2, 0) is 22.6 Å². The van der Waals surface area contributed by atoms with Crippen molar-refractivity contribution in [2.24, 2.45) is 0 Å². The van der Waals surface area contributed by atoms with Gasteiger partial charge in [0.15, 0.2) is 0 Å². The molecular formula is C10H11FO3. The molecular weight excluding hydrogens is 187 g/mol. The third-order valence-corrected chi connectivity index (χ3v) is 1.80. The number of carbonyl (C=O) groups is 1. The highest BCUT2D eigenvalue weighted by atomic mass is 19.1. The van der Waals surface area contributed by atoms with Crippen molar-refractivity contribution in [1.29, 1.82) is 0 Å². The highest BCUT2D eigenvalue weighted by Crippen LogP contribution is 2.14. The van der Waals surface area contributed by atoms with E-state index in [1.807, 2.05) is 0 Å². The van der Waals surface area contributed by atoms with Gasteiger partial charge in [0, 0.05) is 12.7 Å². The molecule has 0 heterocycles. The minimum Gasteiger partial charge on any atom is -0.481 e. The lowest BCUT2D eigenvalue weighted by atomic mass is 10.1. The molecule has 0 amide bonds. The average Bonchev–Trinajstić information content (AvgIpc) is 2.11. The first kappa shape index (κ1) is 10.7. The molecule has 0 aliphatic heterocycles. The maximum absolute atomic E-state index is 13.5. The van der Waals surface area contributed by atoms with Gasteiger partial charge in [0.2, 0.25) is 0 Å². The Morgan fingerprint density at radius 2 is 2.14 bits per heavy atom. The van der Waals surface area contributed by atoms with Crippen LogP contribution in [0.3, 0.4) is 0 Å². The standard InChI is InChI=1S/C10H11FO3/c1-14-6-8-4-2-3-7(10(8)11)5-9(12)13/h2-4H,5-6H2,1H3,(H,12,13). The first-order valence-corrected chi connectivity index (χ1v) is 4.12. The van der Waals surface area contributed by atoms with Gasteiger partial charge in [-0.1, -0.05) is 18.2 Å². The fourth-order valence-corrected chi connectivity index (χ4v) is 1.20. The minimum atomic E-state index is -1.04. The molecule has 1 rings (SSSR count). The van der Waals surface area contributed by atoms with E-state index >= 15 is 0 Å². The first-order chi connectivity index (χ1) is 6.65. The van der Waals surface area contributed by atoms with Crippen LogP contribution in [0, 0.1) is 5.82 Å². The second kappa shape index (κ2) is 4.72. The summed E-state index contributed by atoms with van der Waals surface area (Å²) in [5.74, 6) is -1.53. The van der Waals surface area contributed by atoms with Crippen LogP contribution in [0.1, 0.15) is 11.1 Å². The van der Waals surface area contributed by atoms with E-state index in [1.54, 1.807) is 12.1 Å². The smallest absolute Gasteiger partial charge is 0.307 e. The van der Waals surface area contributed by atoms with Gasteiger partial charge in [-0.3, -0.25) is 4.79 Å². The number of hydrogen-bond donors (Lipinski definition) is 1. The number of carboxylic acid groups (broad SMARTS) is 1. The van der Waals surface area contributed by atoms with E-state index in [0.717, 1.165) is 0 Å². The first-order valence-electron chi connectivity index (χ1n) is 4.12. The van der Waals surface area contributed by atoms with Gasteiger partial charge in [0.05, 0.1) is 13.0 Å². The van der Waals surface area contributed by atoms with Crippen molar-refractivity contribution < 1.29 is 19.0 Å². The van der Waals surface area contributed by atoms with Gasteiger partial charge in [0.25, 0.3) is 0 Å². The maximum atomic E-state index is 13.5. The molecule has 0 aliphatic rings. The van der Waals surface area contributed by atoms with Gasteiger partial charge in [-0.05, 0) is 5.56 Å². The third-order valence-electron chi connectivity index (χ3n) is 1.80. The molecule has 3 nitrogen and oxygen atoms in total. The predicted molar refractivity (Wildman–Crippen MR) is 48.5 cm³/mol. The number of halogens is 1. The van der Waals surface area contributed by atoms with Gasteiger partial charge in [-0.15, -0.1) is 0 Å². The Kier molecular flexibility index (Phi) is 3.59. The van der Waals surface area contributed by atoms with Gasteiger partial charge in [-0.2, -0.15) is 0 Å². The fraction of sp³-hybridized carbons (Fsp3) is 0.300. The molecule has 0 saturated carbocycles. The van der Waals surface area contributed by atoms with E-state index in [9.17, 15) is 9.18 Å². The van der Waals surface area contributed by atoms with E-state index in [1.165, 1.54) is 13.2 Å². The molecule has 0 unspecified atom stereocenters. The highest BCUT2D eigenvalue weighted by Gasteiger charge is 2.10. The van der Waals surface area contributed by atoms with Crippen molar-refractivity contribution in [3.8, 4) is 0 Å². The van der Waals surface area contributed by atoms with E-state index in [2.05, 4.69) is 0 Å². The second-order valence-electron chi connectivity index (χ2n) is 2.89. The Hall–Kier alpha value is -1.42. The molecule has 1 aromatic rings. The molecule has 1 N–H and O–H groups in total. The summed E-state index contributed by atoms with van der Waals surface area (Å²) in [6.45, 7) is 0.152. The summed E-state index contributed by atoms with van der Waals surface area (Å²) >= 11 is 0. The molecule has 0 bridgehead atoms. The summed E-state index contributed by atoms with van der Waals surface area (Å²) in [7, 11) is 1.46. The van der Waals surface area contributed by atoms with Crippen LogP contribution in [-0.4, -0.2) is 18.2 Å². The molecule has 0 aromatic heterocycles. The lowest BCUT2D eigenvalue weighted by molar-refractivity contribution is -0.136. The van der Waals surface area contributed by atoms with E-state index in [0.29, 0.717) is 5.56 Å². The average molecular weight is 198 g/mol. The zero-order chi connectivity index (χ0) is 10.6. The normalized spacial score (nSPS) is 10.1. The molecule has 0 aliphatic carbocycles. The number of ether oxygens (including phenoxy) is 1. The summed E-state index contributed by atoms with van der Waals surface area (Å²) in [6.07, 6.45) is -0.302. The van der Waals surface area contributed by atoms with Crippen molar-refractivity contribution in [2.75, 3.05) is 7.11 Å². The Bertz CT molecular complexity index is 336.